The Morgan fingerprint density at radius 1 is 1.35 bits per heavy atom. The first kappa shape index (κ1) is 24.2. The van der Waals surface area contributed by atoms with Crippen molar-refractivity contribution >= 4 is 44.6 Å². The number of ether oxygens (including phenoxy) is 1. The zero-order chi connectivity index (χ0) is 24.5. The summed E-state index contributed by atoms with van der Waals surface area (Å²) in [6, 6.07) is 9.46. The molecule has 3 aromatic rings. The van der Waals surface area contributed by atoms with Crippen molar-refractivity contribution in [2.45, 2.75) is 24.5 Å². The number of halogens is 3. The van der Waals surface area contributed by atoms with E-state index in [9.17, 15) is 12.8 Å². The van der Waals surface area contributed by atoms with Crippen LogP contribution in [0.2, 0.25) is 10.2 Å². The van der Waals surface area contributed by atoms with Crippen molar-refractivity contribution in [3.63, 3.8) is 0 Å². The highest BCUT2D eigenvalue weighted by atomic mass is 35.5. The fraction of sp³-hybridized carbons (Fsp3) is 0.227. The van der Waals surface area contributed by atoms with Gasteiger partial charge in [0, 0.05) is 28.5 Å². The van der Waals surface area contributed by atoms with Crippen molar-refractivity contribution in [1.29, 1.82) is 0 Å². The van der Waals surface area contributed by atoms with Gasteiger partial charge in [-0.3, -0.25) is 9.40 Å². The van der Waals surface area contributed by atoms with E-state index in [1.54, 1.807) is 31.2 Å². The van der Waals surface area contributed by atoms with Crippen LogP contribution >= 0.6 is 23.2 Å². The molecule has 2 aromatic carbocycles. The number of nitrogens with zero attached hydrogens (tertiary/aromatic N) is 2. The lowest BCUT2D eigenvalue weighted by atomic mass is 10.1. The van der Waals surface area contributed by atoms with Gasteiger partial charge in [-0.2, -0.15) is 5.10 Å². The van der Waals surface area contributed by atoms with Crippen LogP contribution in [0.3, 0.4) is 0 Å². The Kier molecular flexibility index (Phi) is 6.92. The maximum Gasteiger partial charge on any atom is 0.269 e. The van der Waals surface area contributed by atoms with E-state index in [2.05, 4.69) is 27.4 Å². The summed E-state index contributed by atoms with van der Waals surface area (Å²) >= 11 is 12.2. The smallest absolute Gasteiger partial charge is 0.269 e. The number of aromatic nitrogens is 2. The SMILES string of the molecule is C=C(C)NC[C@H]1CN(S(=O)(=O)c2cn[nH]c2Cl)c2cc(NCc3c(F)cccc3Cl)ccc2O1. The average molecular weight is 526 g/mol. The maximum absolute atomic E-state index is 14.1. The Balaban J connectivity index is 1.67. The molecule has 12 heteroatoms. The van der Waals surface area contributed by atoms with Gasteiger partial charge in [-0.15, -0.1) is 0 Å². The molecule has 8 nitrogen and oxygen atoms in total. The second kappa shape index (κ2) is 9.73. The van der Waals surface area contributed by atoms with Gasteiger partial charge >= 0.3 is 0 Å². The van der Waals surface area contributed by atoms with Gasteiger partial charge in [0.2, 0.25) is 0 Å². The van der Waals surface area contributed by atoms with E-state index in [1.165, 1.54) is 16.4 Å². The molecule has 0 bridgehead atoms. The van der Waals surface area contributed by atoms with Crippen molar-refractivity contribution in [2.75, 3.05) is 22.7 Å². The number of hydrogen-bond acceptors (Lipinski definition) is 6. The molecule has 4 rings (SSSR count). The summed E-state index contributed by atoms with van der Waals surface area (Å²) in [5.74, 6) is -0.0645. The summed E-state index contributed by atoms with van der Waals surface area (Å²) in [6.45, 7) is 6.09. The molecular formula is C22H22Cl2FN5O3S. The predicted octanol–water partition coefficient (Wildman–Crippen LogP) is 4.55. The molecule has 1 aromatic heterocycles. The number of nitrogens with one attached hydrogen (secondary N) is 3. The summed E-state index contributed by atoms with van der Waals surface area (Å²) < 4.78 is 48.4. The third kappa shape index (κ3) is 4.94. The maximum atomic E-state index is 14.1. The second-order valence-corrected chi connectivity index (χ2v) is 10.3. The molecule has 34 heavy (non-hydrogen) atoms. The molecule has 0 saturated carbocycles. The largest absolute Gasteiger partial charge is 0.484 e. The van der Waals surface area contributed by atoms with E-state index in [-0.39, 0.29) is 23.1 Å². The van der Waals surface area contributed by atoms with E-state index >= 15 is 0 Å². The monoisotopic (exact) mass is 525 g/mol. The number of hydrogen-bond donors (Lipinski definition) is 3. The van der Waals surface area contributed by atoms with Gasteiger partial charge in [0.1, 0.15) is 27.7 Å². The summed E-state index contributed by atoms with van der Waals surface area (Å²) in [5, 5.41) is 12.6. The first-order valence-corrected chi connectivity index (χ1v) is 12.4. The molecule has 3 N–H and O–H groups in total. The molecular weight excluding hydrogens is 504 g/mol. The Labute approximate surface area is 206 Å². The zero-order valence-corrected chi connectivity index (χ0v) is 20.4. The van der Waals surface area contributed by atoms with Gasteiger partial charge < -0.3 is 15.4 Å². The zero-order valence-electron chi connectivity index (χ0n) is 18.1. The molecule has 0 radical (unpaired) electrons. The van der Waals surface area contributed by atoms with E-state index in [1.807, 2.05) is 0 Å². The minimum Gasteiger partial charge on any atom is -0.484 e. The number of fused-ring (bicyclic) bond motifs is 1. The Morgan fingerprint density at radius 2 is 2.15 bits per heavy atom. The molecule has 0 saturated heterocycles. The third-order valence-corrected chi connectivity index (χ3v) is 7.73. The van der Waals surface area contributed by atoms with Crippen molar-refractivity contribution in [3.05, 3.63) is 76.4 Å². The number of aromatic amines is 1. The topological polar surface area (TPSA) is 99.4 Å². The van der Waals surface area contributed by atoms with Crippen molar-refractivity contribution in [2.24, 2.45) is 0 Å². The van der Waals surface area contributed by atoms with Crippen molar-refractivity contribution in [1.82, 2.24) is 15.5 Å². The minimum atomic E-state index is -4.06. The second-order valence-electron chi connectivity index (χ2n) is 7.72. The molecule has 0 spiro atoms. The van der Waals surface area contributed by atoms with E-state index < -0.39 is 21.9 Å². The van der Waals surface area contributed by atoms with Crippen LogP contribution in [0, 0.1) is 5.82 Å². The Morgan fingerprint density at radius 3 is 2.82 bits per heavy atom. The van der Waals surface area contributed by atoms with Gasteiger partial charge in [-0.1, -0.05) is 35.8 Å². The molecule has 1 aliphatic rings. The fourth-order valence-electron chi connectivity index (χ4n) is 3.49. The third-order valence-electron chi connectivity index (χ3n) is 5.18. The van der Waals surface area contributed by atoms with Crippen LogP contribution in [0.25, 0.3) is 0 Å². The van der Waals surface area contributed by atoms with Crippen LogP contribution in [-0.4, -0.2) is 37.8 Å². The number of allylic oxidation sites excluding steroid dienone is 1. The van der Waals surface area contributed by atoms with Gasteiger partial charge in [0.15, 0.2) is 0 Å². The molecule has 180 valence electrons. The summed E-state index contributed by atoms with van der Waals surface area (Å²) in [4.78, 5) is -0.148. The normalized spacial score (nSPS) is 15.4. The van der Waals surface area contributed by atoms with Crippen molar-refractivity contribution < 1.29 is 17.5 Å². The lowest BCUT2D eigenvalue weighted by molar-refractivity contribution is 0.200. The molecule has 2 heterocycles. The van der Waals surface area contributed by atoms with E-state index in [4.69, 9.17) is 27.9 Å². The quantitative estimate of drug-likeness (QED) is 0.399. The van der Waals surface area contributed by atoms with Crippen LogP contribution in [0.15, 0.2) is 59.8 Å². The highest BCUT2D eigenvalue weighted by molar-refractivity contribution is 7.93. The summed E-state index contributed by atoms with van der Waals surface area (Å²) in [7, 11) is -4.06. The van der Waals surface area contributed by atoms with E-state index in [0.717, 1.165) is 11.9 Å². The molecule has 0 amide bonds. The average Bonchev–Trinajstić information content (AvgIpc) is 3.23. The number of H-pyrrole nitrogens is 1. The van der Waals surface area contributed by atoms with E-state index in [0.29, 0.717) is 34.3 Å². The minimum absolute atomic E-state index is 0.0275. The standard InChI is InChI=1S/C22H22Cl2FN5O3S/c1-13(2)26-9-15-12-30(34(31,32)21-11-28-29-22(21)24)19-8-14(6-7-20(19)33-15)27-10-16-17(23)4-3-5-18(16)25/h3-8,11,15,26-27H,1,9-10,12H2,2H3,(H,28,29)/t15-/m0/s1. The van der Waals surface area contributed by atoms with Crippen LogP contribution in [0.4, 0.5) is 15.8 Å². The van der Waals surface area contributed by atoms with Crippen LogP contribution in [-0.2, 0) is 16.6 Å². The lowest BCUT2D eigenvalue weighted by Crippen LogP contribution is -2.47. The number of anilines is 2. The van der Waals surface area contributed by atoms with Gasteiger partial charge in [-0.05, 0) is 37.3 Å². The fourth-order valence-corrected chi connectivity index (χ4v) is 5.57. The molecule has 0 unspecified atom stereocenters. The lowest BCUT2D eigenvalue weighted by Gasteiger charge is -2.35. The summed E-state index contributed by atoms with van der Waals surface area (Å²) in [5.41, 5.74) is 1.90. The number of benzene rings is 2. The molecule has 1 aliphatic heterocycles. The Hall–Kier alpha value is -2.95. The van der Waals surface area contributed by atoms with Gasteiger partial charge in [-0.25, -0.2) is 12.8 Å². The number of rotatable bonds is 8. The van der Waals surface area contributed by atoms with Crippen LogP contribution in [0.5, 0.6) is 5.75 Å². The van der Waals surface area contributed by atoms with Crippen molar-refractivity contribution in [3.8, 4) is 5.75 Å². The van der Waals surface area contributed by atoms with Crippen LogP contribution in [0.1, 0.15) is 12.5 Å². The van der Waals surface area contributed by atoms with Gasteiger partial charge in [0.05, 0.1) is 25.0 Å². The number of sulfonamides is 1. The highest BCUT2D eigenvalue weighted by Gasteiger charge is 2.36. The Bertz CT molecular complexity index is 1310. The molecule has 0 aliphatic carbocycles. The van der Waals surface area contributed by atoms with Crippen LogP contribution < -0.4 is 19.7 Å². The molecule has 1 atom stereocenters. The van der Waals surface area contributed by atoms with Gasteiger partial charge in [0.25, 0.3) is 10.0 Å². The highest BCUT2D eigenvalue weighted by Crippen LogP contribution is 2.40. The summed E-state index contributed by atoms with van der Waals surface area (Å²) in [6.07, 6.45) is 0.677. The first-order valence-electron chi connectivity index (χ1n) is 10.2. The molecule has 0 fully saturated rings. The predicted molar refractivity (Wildman–Crippen MR) is 131 cm³/mol. The first-order chi connectivity index (χ1) is 16.2.